The molecule has 0 spiro atoms. The molecule has 4 rings (SSSR count). The summed E-state index contributed by atoms with van der Waals surface area (Å²) in [7, 11) is 1.57. The number of aromatic nitrogens is 3. The quantitative estimate of drug-likeness (QED) is 0.372. The number of hydrogen-bond acceptors (Lipinski definition) is 4. The van der Waals surface area contributed by atoms with Gasteiger partial charge in [0, 0.05) is 26.8 Å². The Morgan fingerprint density at radius 2 is 1.87 bits per heavy atom. The maximum Gasteiger partial charge on any atom is 0.295 e. The molecule has 0 radical (unpaired) electrons. The minimum Gasteiger partial charge on any atom is -0.497 e. The fraction of sp³-hybridized carbons (Fsp3) is 0.0870. The molecule has 1 aromatic heterocycles. The predicted octanol–water partition coefficient (Wildman–Crippen LogP) is 5.92. The van der Waals surface area contributed by atoms with Crippen LogP contribution >= 0.6 is 27.5 Å². The van der Waals surface area contributed by atoms with Crippen molar-refractivity contribution in [1.29, 1.82) is 0 Å². The Morgan fingerprint density at radius 1 is 1.10 bits per heavy atom. The van der Waals surface area contributed by atoms with Crippen LogP contribution < -0.4 is 10.1 Å². The van der Waals surface area contributed by atoms with Crippen molar-refractivity contribution in [2.75, 3.05) is 12.4 Å². The van der Waals surface area contributed by atoms with Crippen LogP contribution in [0.5, 0.6) is 5.75 Å². The highest BCUT2D eigenvalue weighted by Gasteiger charge is 2.20. The van der Waals surface area contributed by atoms with Gasteiger partial charge in [0.15, 0.2) is 5.82 Å². The molecule has 0 unspecified atom stereocenters. The number of nitrogens with one attached hydrogen (secondary N) is 1. The molecule has 4 aromatic rings. The van der Waals surface area contributed by atoms with E-state index in [4.69, 9.17) is 16.3 Å². The van der Waals surface area contributed by atoms with Crippen molar-refractivity contribution in [2.24, 2.45) is 0 Å². The van der Waals surface area contributed by atoms with Crippen molar-refractivity contribution >= 4 is 39.1 Å². The summed E-state index contributed by atoms with van der Waals surface area (Å²) in [6.45, 7) is 1.95. The molecule has 0 aliphatic rings. The molecule has 0 fully saturated rings. The lowest BCUT2D eigenvalue weighted by Gasteiger charge is -2.09. The number of rotatable bonds is 5. The lowest BCUT2D eigenvalue weighted by atomic mass is 10.2. The second-order valence-electron chi connectivity index (χ2n) is 6.79. The smallest absolute Gasteiger partial charge is 0.295 e. The lowest BCUT2D eigenvalue weighted by Crippen LogP contribution is -2.14. The number of benzene rings is 3. The topological polar surface area (TPSA) is 69.0 Å². The van der Waals surface area contributed by atoms with E-state index in [0.29, 0.717) is 22.3 Å². The van der Waals surface area contributed by atoms with Crippen LogP contribution in [0.15, 0.2) is 71.2 Å². The zero-order chi connectivity index (χ0) is 22.0. The first-order chi connectivity index (χ1) is 14.9. The molecular formula is C23H18BrClN4O2. The molecule has 3 aromatic carbocycles. The summed E-state index contributed by atoms with van der Waals surface area (Å²) in [6.07, 6.45) is 0. The normalized spacial score (nSPS) is 10.7. The Labute approximate surface area is 193 Å². The molecule has 0 aliphatic heterocycles. The zero-order valence-corrected chi connectivity index (χ0v) is 19.1. The molecule has 156 valence electrons. The van der Waals surface area contributed by atoms with Gasteiger partial charge in [0.1, 0.15) is 5.75 Å². The van der Waals surface area contributed by atoms with E-state index in [1.807, 2.05) is 43.3 Å². The number of carbonyl (C=O) groups excluding carboxylic acids is 1. The maximum atomic E-state index is 12.9. The Kier molecular flexibility index (Phi) is 6.06. The molecule has 6 nitrogen and oxygen atoms in total. The highest BCUT2D eigenvalue weighted by molar-refractivity contribution is 9.10. The van der Waals surface area contributed by atoms with Gasteiger partial charge in [0.05, 0.1) is 12.8 Å². The SMILES string of the molecule is COc1cccc(NC(=O)c2nc(-c3ccc(Br)cc3)n(-c3cc(Cl)ccc3C)n2)c1. The van der Waals surface area contributed by atoms with Gasteiger partial charge in [0.25, 0.3) is 5.91 Å². The third-order valence-electron chi connectivity index (χ3n) is 4.64. The number of aryl methyl sites for hydroxylation is 1. The average Bonchev–Trinajstić information content (AvgIpc) is 3.21. The highest BCUT2D eigenvalue weighted by atomic mass is 79.9. The van der Waals surface area contributed by atoms with Crippen LogP contribution in [0.2, 0.25) is 5.02 Å². The van der Waals surface area contributed by atoms with E-state index in [9.17, 15) is 4.79 Å². The number of anilines is 1. The second-order valence-corrected chi connectivity index (χ2v) is 8.15. The van der Waals surface area contributed by atoms with Crippen LogP contribution in [-0.4, -0.2) is 27.8 Å². The van der Waals surface area contributed by atoms with E-state index in [0.717, 1.165) is 21.3 Å². The molecule has 0 atom stereocenters. The Bertz CT molecular complexity index is 1250. The van der Waals surface area contributed by atoms with Gasteiger partial charge in [-0.05, 0) is 48.9 Å². The van der Waals surface area contributed by atoms with Gasteiger partial charge < -0.3 is 10.1 Å². The van der Waals surface area contributed by atoms with E-state index < -0.39 is 5.91 Å². The van der Waals surface area contributed by atoms with Crippen molar-refractivity contribution in [3.05, 3.63) is 87.6 Å². The summed E-state index contributed by atoms with van der Waals surface area (Å²) < 4.78 is 7.80. The second kappa shape index (κ2) is 8.91. The van der Waals surface area contributed by atoms with E-state index in [1.54, 1.807) is 42.1 Å². The van der Waals surface area contributed by atoms with E-state index in [2.05, 4.69) is 31.3 Å². The minimum atomic E-state index is -0.426. The van der Waals surface area contributed by atoms with E-state index in [1.165, 1.54) is 0 Å². The van der Waals surface area contributed by atoms with Gasteiger partial charge in [-0.15, -0.1) is 5.10 Å². The van der Waals surface area contributed by atoms with Crippen LogP contribution in [0.4, 0.5) is 5.69 Å². The van der Waals surface area contributed by atoms with Crippen LogP contribution in [0.1, 0.15) is 16.2 Å². The zero-order valence-electron chi connectivity index (χ0n) is 16.8. The number of carbonyl (C=O) groups is 1. The molecule has 8 heteroatoms. The average molecular weight is 498 g/mol. The molecule has 0 bridgehead atoms. The van der Waals surface area contributed by atoms with Crippen LogP contribution in [0.3, 0.4) is 0 Å². The molecule has 1 amide bonds. The fourth-order valence-electron chi connectivity index (χ4n) is 3.06. The third kappa shape index (κ3) is 4.62. The van der Waals surface area contributed by atoms with Crippen molar-refractivity contribution in [3.63, 3.8) is 0 Å². The molecular weight excluding hydrogens is 480 g/mol. The molecule has 31 heavy (non-hydrogen) atoms. The molecule has 1 N–H and O–H groups in total. The minimum absolute atomic E-state index is 0.0418. The first-order valence-electron chi connectivity index (χ1n) is 9.39. The number of halogens is 2. The molecule has 1 heterocycles. The largest absolute Gasteiger partial charge is 0.497 e. The monoisotopic (exact) mass is 496 g/mol. The Morgan fingerprint density at radius 3 is 2.61 bits per heavy atom. The summed E-state index contributed by atoms with van der Waals surface area (Å²) in [5.74, 6) is 0.792. The van der Waals surface area contributed by atoms with Gasteiger partial charge >= 0.3 is 0 Å². The van der Waals surface area contributed by atoms with E-state index >= 15 is 0 Å². The summed E-state index contributed by atoms with van der Waals surface area (Å²) >= 11 is 9.68. The Hall–Kier alpha value is -3.16. The van der Waals surface area contributed by atoms with Gasteiger partial charge in [-0.25, -0.2) is 9.67 Å². The number of ether oxygens (including phenoxy) is 1. The van der Waals surface area contributed by atoms with Gasteiger partial charge in [-0.3, -0.25) is 4.79 Å². The lowest BCUT2D eigenvalue weighted by molar-refractivity contribution is 0.101. The summed E-state index contributed by atoms with van der Waals surface area (Å²) in [6, 6.07) is 20.3. The summed E-state index contributed by atoms with van der Waals surface area (Å²) in [5, 5.41) is 7.90. The standard InChI is InChI=1S/C23H18BrClN4O2/c1-14-6-11-17(25)12-20(14)29-22(15-7-9-16(24)10-8-15)27-21(28-29)23(30)26-18-4-3-5-19(13-18)31-2/h3-13H,1-2H3,(H,26,30). The van der Waals surface area contributed by atoms with Crippen molar-refractivity contribution in [3.8, 4) is 22.8 Å². The summed E-state index contributed by atoms with van der Waals surface area (Å²) in [5.41, 5.74) is 3.10. The number of methoxy groups -OCH3 is 1. The number of amides is 1. The maximum absolute atomic E-state index is 12.9. The first kappa shape index (κ1) is 21.1. The third-order valence-corrected chi connectivity index (χ3v) is 5.40. The molecule has 0 saturated carbocycles. The predicted molar refractivity (Wildman–Crippen MR) is 125 cm³/mol. The van der Waals surface area contributed by atoms with Gasteiger partial charge in [0.2, 0.25) is 5.82 Å². The van der Waals surface area contributed by atoms with Crippen LogP contribution in [0, 0.1) is 6.92 Å². The molecule has 0 aliphatic carbocycles. The van der Waals surface area contributed by atoms with Gasteiger partial charge in [-0.1, -0.05) is 51.8 Å². The highest BCUT2D eigenvalue weighted by Crippen LogP contribution is 2.27. The first-order valence-corrected chi connectivity index (χ1v) is 10.6. The van der Waals surface area contributed by atoms with Crippen molar-refractivity contribution < 1.29 is 9.53 Å². The van der Waals surface area contributed by atoms with Crippen LogP contribution in [0.25, 0.3) is 17.1 Å². The fourth-order valence-corrected chi connectivity index (χ4v) is 3.49. The van der Waals surface area contributed by atoms with Gasteiger partial charge in [-0.2, -0.15) is 0 Å². The van der Waals surface area contributed by atoms with E-state index in [-0.39, 0.29) is 5.82 Å². The molecule has 0 saturated heterocycles. The number of nitrogens with zero attached hydrogens (tertiary/aromatic N) is 3. The summed E-state index contributed by atoms with van der Waals surface area (Å²) in [4.78, 5) is 17.5. The van der Waals surface area contributed by atoms with Crippen molar-refractivity contribution in [1.82, 2.24) is 14.8 Å². The van der Waals surface area contributed by atoms with Crippen LogP contribution in [-0.2, 0) is 0 Å². The number of hydrogen-bond donors (Lipinski definition) is 1. The Balaban J connectivity index is 1.78. The van der Waals surface area contributed by atoms with Crippen molar-refractivity contribution in [2.45, 2.75) is 6.92 Å².